The SMILES string of the molecule is C[N+](C)(C)C/C=C/c1ccccc1Br. The molecule has 1 rings (SSSR count). The molecule has 0 unspecified atom stereocenters. The molecule has 0 aliphatic heterocycles. The summed E-state index contributed by atoms with van der Waals surface area (Å²) in [6.45, 7) is 1.04. The first-order chi connectivity index (χ1) is 6.49. The second-order valence-electron chi connectivity index (χ2n) is 4.40. The highest BCUT2D eigenvalue weighted by molar-refractivity contribution is 9.10. The first kappa shape index (κ1) is 11.5. The summed E-state index contributed by atoms with van der Waals surface area (Å²) in [4.78, 5) is 0. The summed E-state index contributed by atoms with van der Waals surface area (Å²) < 4.78 is 2.11. The minimum Gasteiger partial charge on any atom is -0.328 e. The van der Waals surface area contributed by atoms with Crippen LogP contribution in [0.25, 0.3) is 6.08 Å². The van der Waals surface area contributed by atoms with Gasteiger partial charge in [0.2, 0.25) is 0 Å². The van der Waals surface area contributed by atoms with Crippen LogP contribution >= 0.6 is 15.9 Å². The average Bonchev–Trinajstić information content (AvgIpc) is 2.06. The van der Waals surface area contributed by atoms with E-state index in [1.807, 2.05) is 6.07 Å². The van der Waals surface area contributed by atoms with Crippen molar-refractivity contribution in [1.82, 2.24) is 0 Å². The average molecular weight is 255 g/mol. The molecule has 0 bridgehead atoms. The number of hydrogen-bond donors (Lipinski definition) is 0. The fourth-order valence-corrected chi connectivity index (χ4v) is 1.52. The van der Waals surface area contributed by atoms with Crippen LogP contribution in [0.5, 0.6) is 0 Å². The zero-order valence-corrected chi connectivity index (χ0v) is 10.6. The van der Waals surface area contributed by atoms with Gasteiger partial charge in [0.05, 0.1) is 27.7 Å². The van der Waals surface area contributed by atoms with E-state index in [4.69, 9.17) is 0 Å². The van der Waals surface area contributed by atoms with Crippen molar-refractivity contribution in [1.29, 1.82) is 0 Å². The predicted octanol–water partition coefficient (Wildman–Crippen LogP) is 3.17. The Morgan fingerprint density at radius 1 is 1.21 bits per heavy atom. The Morgan fingerprint density at radius 2 is 1.86 bits per heavy atom. The van der Waals surface area contributed by atoms with Crippen LogP contribution in [0, 0.1) is 0 Å². The van der Waals surface area contributed by atoms with Crippen molar-refractivity contribution < 1.29 is 4.48 Å². The Morgan fingerprint density at radius 3 is 2.43 bits per heavy atom. The minimum atomic E-state index is 0.959. The molecule has 1 aromatic rings. The number of likely N-dealkylation sites (N-methyl/N-ethyl adjacent to an activating group) is 1. The molecule has 1 nitrogen and oxygen atoms in total. The van der Waals surface area contributed by atoms with Gasteiger partial charge in [-0.3, -0.25) is 0 Å². The van der Waals surface area contributed by atoms with E-state index >= 15 is 0 Å². The molecule has 1 aromatic carbocycles. The second kappa shape index (κ2) is 4.76. The third-order valence-electron chi connectivity index (χ3n) is 1.86. The molecule has 0 aromatic heterocycles. The quantitative estimate of drug-likeness (QED) is 0.728. The molecule has 0 saturated carbocycles. The topological polar surface area (TPSA) is 0 Å². The van der Waals surface area contributed by atoms with Gasteiger partial charge in [0.25, 0.3) is 0 Å². The lowest BCUT2D eigenvalue weighted by Gasteiger charge is -2.21. The Labute approximate surface area is 94.8 Å². The van der Waals surface area contributed by atoms with Crippen molar-refractivity contribution in [3.05, 3.63) is 40.4 Å². The summed E-state index contributed by atoms with van der Waals surface area (Å²) >= 11 is 3.52. The lowest BCUT2D eigenvalue weighted by atomic mass is 10.2. The van der Waals surface area contributed by atoms with Crippen molar-refractivity contribution in [2.24, 2.45) is 0 Å². The minimum absolute atomic E-state index is 0.959. The van der Waals surface area contributed by atoms with Gasteiger partial charge in [0.1, 0.15) is 0 Å². The molecule has 0 amide bonds. The van der Waals surface area contributed by atoms with Crippen LogP contribution in [-0.4, -0.2) is 32.2 Å². The number of quaternary nitrogens is 1. The number of halogens is 1. The lowest BCUT2D eigenvalue weighted by molar-refractivity contribution is -0.864. The predicted molar refractivity (Wildman–Crippen MR) is 66.1 cm³/mol. The van der Waals surface area contributed by atoms with E-state index in [1.165, 1.54) is 5.56 Å². The van der Waals surface area contributed by atoms with Crippen LogP contribution in [0.2, 0.25) is 0 Å². The van der Waals surface area contributed by atoms with Gasteiger partial charge < -0.3 is 4.48 Å². The number of hydrogen-bond acceptors (Lipinski definition) is 0. The normalized spacial score (nSPS) is 12.3. The van der Waals surface area contributed by atoms with Crippen LogP contribution in [0.4, 0.5) is 0 Å². The molecule has 76 valence electrons. The van der Waals surface area contributed by atoms with Crippen LogP contribution in [0.15, 0.2) is 34.8 Å². The molecule has 0 spiro atoms. The van der Waals surface area contributed by atoms with Gasteiger partial charge in [-0.05, 0) is 17.7 Å². The van der Waals surface area contributed by atoms with E-state index in [0.29, 0.717) is 0 Å². The zero-order valence-electron chi connectivity index (χ0n) is 9.00. The molecule has 14 heavy (non-hydrogen) atoms. The van der Waals surface area contributed by atoms with Gasteiger partial charge in [0.15, 0.2) is 0 Å². The van der Waals surface area contributed by atoms with Crippen molar-refractivity contribution in [3.63, 3.8) is 0 Å². The summed E-state index contributed by atoms with van der Waals surface area (Å²) in [5.74, 6) is 0. The maximum atomic E-state index is 3.52. The van der Waals surface area contributed by atoms with E-state index < -0.39 is 0 Å². The third-order valence-corrected chi connectivity index (χ3v) is 2.58. The summed E-state index contributed by atoms with van der Waals surface area (Å²) in [6, 6.07) is 8.25. The third kappa shape index (κ3) is 4.07. The lowest BCUT2D eigenvalue weighted by Crippen LogP contribution is -2.34. The molecule has 0 heterocycles. The maximum absolute atomic E-state index is 3.52. The standard InChI is InChI=1S/C12H17BrN/c1-14(2,3)10-6-8-11-7-4-5-9-12(11)13/h4-9H,10H2,1-3H3/q+1/b8-6+. The highest BCUT2D eigenvalue weighted by Gasteiger charge is 2.02. The largest absolute Gasteiger partial charge is 0.328 e. The zero-order chi connectivity index (χ0) is 10.6. The van der Waals surface area contributed by atoms with Gasteiger partial charge in [0, 0.05) is 4.47 Å². The van der Waals surface area contributed by atoms with Crippen molar-refractivity contribution >= 4 is 22.0 Å². The number of nitrogens with zero attached hydrogens (tertiary/aromatic N) is 1. The van der Waals surface area contributed by atoms with Gasteiger partial charge in [-0.15, -0.1) is 0 Å². The van der Waals surface area contributed by atoms with E-state index in [0.717, 1.165) is 15.5 Å². The summed E-state index contributed by atoms with van der Waals surface area (Å²) in [5, 5.41) is 0. The van der Waals surface area contributed by atoms with Crippen LogP contribution < -0.4 is 0 Å². The van der Waals surface area contributed by atoms with E-state index in [1.54, 1.807) is 0 Å². The smallest absolute Gasteiger partial charge is 0.0970 e. The maximum Gasteiger partial charge on any atom is 0.0970 e. The molecular formula is C12H17BrN+. The molecule has 0 aliphatic rings. The van der Waals surface area contributed by atoms with Gasteiger partial charge in [-0.1, -0.05) is 40.2 Å². The van der Waals surface area contributed by atoms with Gasteiger partial charge in [-0.25, -0.2) is 0 Å². The van der Waals surface area contributed by atoms with E-state index in [-0.39, 0.29) is 0 Å². The molecule has 0 aliphatic carbocycles. The fraction of sp³-hybridized carbons (Fsp3) is 0.333. The van der Waals surface area contributed by atoms with Crippen LogP contribution in [0.3, 0.4) is 0 Å². The Hall–Kier alpha value is -0.600. The molecular weight excluding hydrogens is 238 g/mol. The Bertz CT molecular complexity index is 323. The molecule has 0 saturated heterocycles. The Kier molecular flexibility index (Phi) is 3.90. The molecule has 2 heteroatoms. The Balaban J connectivity index is 2.65. The first-order valence-electron chi connectivity index (χ1n) is 4.70. The van der Waals surface area contributed by atoms with Crippen molar-refractivity contribution in [3.8, 4) is 0 Å². The summed E-state index contributed by atoms with van der Waals surface area (Å²) in [5.41, 5.74) is 1.24. The molecule has 0 atom stereocenters. The molecule has 0 radical (unpaired) electrons. The van der Waals surface area contributed by atoms with Crippen molar-refractivity contribution in [2.75, 3.05) is 27.7 Å². The van der Waals surface area contributed by atoms with Crippen LogP contribution in [0.1, 0.15) is 5.56 Å². The number of rotatable bonds is 3. The second-order valence-corrected chi connectivity index (χ2v) is 5.25. The van der Waals surface area contributed by atoms with Crippen molar-refractivity contribution in [2.45, 2.75) is 0 Å². The highest BCUT2D eigenvalue weighted by atomic mass is 79.9. The molecule has 0 N–H and O–H groups in total. The van der Waals surface area contributed by atoms with E-state index in [2.05, 4.69) is 67.4 Å². The van der Waals surface area contributed by atoms with E-state index in [9.17, 15) is 0 Å². The summed E-state index contributed by atoms with van der Waals surface area (Å²) in [7, 11) is 6.55. The van der Waals surface area contributed by atoms with Gasteiger partial charge >= 0.3 is 0 Å². The van der Waals surface area contributed by atoms with Gasteiger partial charge in [-0.2, -0.15) is 0 Å². The summed E-state index contributed by atoms with van der Waals surface area (Å²) in [6.07, 6.45) is 4.37. The monoisotopic (exact) mass is 254 g/mol. The fourth-order valence-electron chi connectivity index (χ4n) is 1.11. The molecule has 0 fully saturated rings. The van der Waals surface area contributed by atoms with Crippen LogP contribution in [-0.2, 0) is 0 Å². The first-order valence-corrected chi connectivity index (χ1v) is 5.50. The number of benzene rings is 1. The highest BCUT2D eigenvalue weighted by Crippen LogP contribution is 2.17.